The van der Waals surface area contributed by atoms with Crippen LogP contribution in [0.1, 0.15) is 10.4 Å². The Hall–Kier alpha value is -3.02. The smallest absolute Gasteiger partial charge is 0.258 e. The Labute approximate surface area is 127 Å². The molecule has 0 unspecified atom stereocenters. The van der Waals surface area contributed by atoms with Crippen LogP contribution in [0.2, 0.25) is 0 Å². The molecule has 0 bridgehead atoms. The molecule has 0 aliphatic heterocycles. The maximum absolute atomic E-state index is 12.2. The molecule has 0 radical (unpaired) electrons. The van der Waals surface area contributed by atoms with Gasteiger partial charge < -0.3 is 13.8 Å². The van der Waals surface area contributed by atoms with Crippen LogP contribution in [0.4, 0.5) is 11.6 Å². The van der Waals surface area contributed by atoms with Gasteiger partial charge in [0.05, 0.1) is 6.26 Å². The highest BCUT2D eigenvalue weighted by molar-refractivity contribution is 6.04. The first-order chi connectivity index (χ1) is 10.6. The summed E-state index contributed by atoms with van der Waals surface area (Å²) >= 11 is 0. The Morgan fingerprint density at radius 1 is 1.18 bits per heavy atom. The third-order valence-electron chi connectivity index (χ3n) is 3.15. The predicted molar refractivity (Wildman–Crippen MR) is 82.9 cm³/mol. The Kier molecular flexibility index (Phi) is 3.65. The third-order valence-corrected chi connectivity index (χ3v) is 3.15. The molecule has 1 aromatic carbocycles. The van der Waals surface area contributed by atoms with Crippen LogP contribution in [0.15, 0.2) is 57.7 Å². The van der Waals surface area contributed by atoms with E-state index in [1.807, 2.05) is 31.1 Å². The van der Waals surface area contributed by atoms with Gasteiger partial charge >= 0.3 is 0 Å². The van der Waals surface area contributed by atoms with Crippen molar-refractivity contribution in [2.45, 2.75) is 0 Å². The van der Waals surface area contributed by atoms with Crippen LogP contribution in [0.25, 0.3) is 11.5 Å². The average Bonchev–Trinajstić information content (AvgIpc) is 3.18. The monoisotopic (exact) mass is 297 g/mol. The number of carbonyl (C=O) groups is 1. The molecule has 2 heterocycles. The van der Waals surface area contributed by atoms with Crippen molar-refractivity contribution < 1.29 is 13.7 Å². The van der Waals surface area contributed by atoms with E-state index in [1.54, 1.807) is 36.6 Å². The summed E-state index contributed by atoms with van der Waals surface area (Å²) in [5.41, 5.74) is 2.02. The molecule has 3 aromatic rings. The van der Waals surface area contributed by atoms with Crippen LogP contribution in [-0.4, -0.2) is 25.2 Å². The molecule has 6 nitrogen and oxygen atoms in total. The molecule has 0 fully saturated rings. The lowest BCUT2D eigenvalue weighted by Gasteiger charge is -2.13. The van der Waals surface area contributed by atoms with Gasteiger partial charge in [-0.3, -0.25) is 10.1 Å². The van der Waals surface area contributed by atoms with Crippen molar-refractivity contribution in [1.29, 1.82) is 0 Å². The molecule has 6 heteroatoms. The fourth-order valence-electron chi connectivity index (χ4n) is 1.98. The van der Waals surface area contributed by atoms with E-state index < -0.39 is 0 Å². The van der Waals surface area contributed by atoms with Gasteiger partial charge in [0.1, 0.15) is 0 Å². The summed E-state index contributed by atoms with van der Waals surface area (Å²) in [5.74, 6) is 0.594. The summed E-state index contributed by atoms with van der Waals surface area (Å²) in [7, 11) is 3.84. The molecule has 0 atom stereocenters. The quantitative estimate of drug-likeness (QED) is 0.800. The van der Waals surface area contributed by atoms with E-state index in [0.717, 1.165) is 5.69 Å². The highest BCUT2D eigenvalue weighted by atomic mass is 16.5. The lowest BCUT2D eigenvalue weighted by Crippen LogP contribution is -2.13. The number of hydrogen-bond acceptors (Lipinski definition) is 5. The first-order valence-corrected chi connectivity index (χ1v) is 6.73. The van der Waals surface area contributed by atoms with Crippen molar-refractivity contribution in [2.75, 3.05) is 24.3 Å². The van der Waals surface area contributed by atoms with Gasteiger partial charge in [0.2, 0.25) is 5.88 Å². The highest BCUT2D eigenvalue weighted by Crippen LogP contribution is 2.22. The number of hydrogen-bond donors (Lipinski definition) is 1. The van der Waals surface area contributed by atoms with Crippen molar-refractivity contribution >= 4 is 17.5 Å². The second kappa shape index (κ2) is 5.77. The van der Waals surface area contributed by atoms with Gasteiger partial charge in [-0.1, -0.05) is 11.2 Å². The number of aromatic nitrogens is 1. The van der Waals surface area contributed by atoms with Crippen molar-refractivity contribution in [1.82, 2.24) is 5.16 Å². The molecule has 0 aliphatic carbocycles. The van der Waals surface area contributed by atoms with Crippen LogP contribution in [0.5, 0.6) is 0 Å². The second-order valence-electron chi connectivity index (χ2n) is 4.95. The minimum absolute atomic E-state index is 0.258. The fourth-order valence-corrected chi connectivity index (χ4v) is 1.98. The number of nitrogens with one attached hydrogen (secondary N) is 1. The van der Waals surface area contributed by atoms with E-state index in [2.05, 4.69) is 10.5 Å². The zero-order valence-corrected chi connectivity index (χ0v) is 12.2. The van der Waals surface area contributed by atoms with Crippen molar-refractivity contribution in [3.8, 4) is 11.5 Å². The molecular formula is C16H15N3O3. The summed E-state index contributed by atoms with van der Waals surface area (Å²) in [6.45, 7) is 0. The first-order valence-electron chi connectivity index (χ1n) is 6.73. The van der Waals surface area contributed by atoms with Gasteiger partial charge in [0.15, 0.2) is 11.5 Å². The largest absolute Gasteiger partial charge is 0.463 e. The zero-order valence-electron chi connectivity index (χ0n) is 12.2. The van der Waals surface area contributed by atoms with Gasteiger partial charge in [0, 0.05) is 31.4 Å². The fraction of sp³-hybridized carbons (Fsp3) is 0.125. The highest BCUT2D eigenvalue weighted by Gasteiger charge is 2.13. The first kappa shape index (κ1) is 13.9. The Morgan fingerprint density at radius 2 is 2.05 bits per heavy atom. The van der Waals surface area contributed by atoms with E-state index in [9.17, 15) is 4.79 Å². The lowest BCUT2D eigenvalue weighted by molar-refractivity contribution is 0.102. The summed E-state index contributed by atoms with van der Waals surface area (Å²) < 4.78 is 10.3. The van der Waals surface area contributed by atoms with E-state index in [0.29, 0.717) is 17.0 Å². The minimum atomic E-state index is -0.258. The molecule has 3 rings (SSSR count). The van der Waals surface area contributed by atoms with E-state index in [-0.39, 0.29) is 11.8 Å². The molecule has 1 amide bonds. The van der Waals surface area contributed by atoms with Gasteiger partial charge in [0.25, 0.3) is 5.91 Å². The summed E-state index contributed by atoms with van der Waals surface area (Å²) in [6.07, 6.45) is 1.55. The number of amides is 1. The van der Waals surface area contributed by atoms with Crippen LogP contribution in [0, 0.1) is 0 Å². The Bertz CT molecular complexity index is 776. The van der Waals surface area contributed by atoms with Gasteiger partial charge in [-0.25, -0.2) is 0 Å². The standard InChI is InChI=1S/C16H15N3O3/c1-19(2)12-6-3-5-11(9-12)16(20)17-15-10-13(18-22-15)14-7-4-8-21-14/h3-10H,1-2H3,(H,17,20). The molecule has 0 saturated carbocycles. The average molecular weight is 297 g/mol. The number of carbonyl (C=O) groups excluding carboxylic acids is 1. The molecule has 0 spiro atoms. The molecule has 2 aromatic heterocycles. The maximum Gasteiger partial charge on any atom is 0.258 e. The van der Waals surface area contributed by atoms with E-state index >= 15 is 0 Å². The van der Waals surface area contributed by atoms with E-state index in [1.165, 1.54) is 0 Å². The topological polar surface area (TPSA) is 71.5 Å². The lowest BCUT2D eigenvalue weighted by atomic mass is 10.2. The van der Waals surface area contributed by atoms with Crippen molar-refractivity contribution in [2.24, 2.45) is 0 Å². The maximum atomic E-state index is 12.2. The number of benzene rings is 1. The molecule has 112 valence electrons. The summed E-state index contributed by atoms with van der Waals surface area (Å²) in [6, 6.07) is 12.5. The van der Waals surface area contributed by atoms with Gasteiger partial charge in [-0.05, 0) is 30.3 Å². The number of anilines is 2. The third kappa shape index (κ3) is 2.85. The van der Waals surface area contributed by atoms with Crippen molar-refractivity contribution in [3.05, 3.63) is 54.3 Å². The molecular weight excluding hydrogens is 282 g/mol. The normalized spacial score (nSPS) is 10.5. The van der Waals surface area contributed by atoms with Gasteiger partial charge in [-0.2, -0.15) is 0 Å². The Morgan fingerprint density at radius 3 is 2.77 bits per heavy atom. The number of rotatable bonds is 4. The summed E-state index contributed by atoms with van der Waals surface area (Å²) in [5, 5.41) is 6.54. The zero-order chi connectivity index (χ0) is 15.5. The summed E-state index contributed by atoms with van der Waals surface area (Å²) in [4.78, 5) is 14.2. The van der Waals surface area contributed by atoms with Crippen LogP contribution in [0.3, 0.4) is 0 Å². The molecule has 22 heavy (non-hydrogen) atoms. The van der Waals surface area contributed by atoms with Crippen LogP contribution < -0.4 is 10.2 Å². The minimum Gasteiger partial charge on any atom is -0.463 e. The van der Waals surface area contributed by atoms with Crippen LogP contribution >= 0.6 is 0 Å². The SMILES string of the molecule is CN(C)c1cccc(C(=O)Nc2cc(-c3ccco3)no2)c1. The molecule has 1 N–H and O–H groups in total. The van der Waals surface area contributed by atoms with Crippen LogP contribution in [-0.2, 0) is 0 Å². The Balaban J connectivity index is 1.76. The number of nitrogens with zero attached hydrogens (tertiary/aromatic N) is 2. The second-order valence-corrected chi connectivity index (χ2v) is 4.95. The predicted octanol–water partition coefficient (Wildman–Crippen LogP) is 3.25. The number of furan rings is 1. The van der Waals surface area contributed by atoms with Gasteiger partial charge in [-0.15, -0.1) is 0 Å². The molecule has 0 aliphatic rings. The molecule has 0 saturated heterocycles. The van der Waals surface area contributed by atoms with Crippen molar-refractivity contribution in [3.63, 3.8) is 0 Å². The van der Waals surface area contributed by atoms with E-state index in [4.69, 9.17) is 8.94 Å².